The molecule has 3 N–H and O–H groups in total. The molecule has 1 aromatic rings. The molecule has 0 bridgehead atoms. The lowest BCUT2D eigenvalue weighted by Gasteiger charge is -2.30. The summed E-state index contributed by atoms with van der Waals surface area (Å²) >= 11 is 0. The zero-order valence-electron chi connectivity index (χ0n) is 21.4. The maximum atomic E-state index is 13.4. The molecule has 0 spiro atoms. The maximum Gasteiger partial charge on any atom is 0.251 e. The number of ketones is 1. The van der Waals surface area contributed by atoms with Gasteiger partial charge in [0, 0.05) is 30.8 Å². The van der Waals surface area contributed by atoms with Gasteiger partial charge in [0.15, 0.2) is 5.78 Å². The SMILES string of the molecule is CC[C@@H]1OCC(=O)[C@H]1NC(=O)[C@H](CC1(C)CCCC1)NC(=O)c1ccc(O)c(CN2CCOCC2)c1. The van der Waals surface area contributed by atoms with Crippen molar-refractivity contribution in [1.29, 1.82) is 0 Å². The van der Waals surface area contributed by atoms with Crippen molar-refractivity contribution in [2.24, 2.45) is 5.41 Å². The number of phenols is 1. The van der Waals surface area contributed by atoms with Crippen LogP contribution in [0.15, 0.2) is 18.2 Å². The van der Waals surface area contributed by atoms with Gasteiger partial charge in [0.25, 0.3) is 5.91 Å². The second-order valence-electron chi connectivity index (χ2n) is 10.7. The van der Waals surface area contributed by atoms with Crippen LogP contribution in [0.2, 0.25) is 0 Å². The average molecular weight is 502 g/mol. The molecular formula is C27H39N3O6. The molecule has 2 saturated heterocycles. The van der Waals surface area contributed by atoms with E-state index in [4.69, 9.17) is 9.47 Å². The fraction of sp³-hybridized carbons (Fsp3) is 0.667. The van der Waals surface area contributed by atoms with Gasteiger partial charge >= 0.3 is 0 Å². The Hall–Kier alpha value is -2.49. The number of nitrogens with zero attached hydrogens (tertiary/aromatic N) is 1. The van der Waals surface area contributed by atoms with Crippen molar-refractivity contribution < 1.29 is 29.0 Å². The van der Waals surface area contributed by atoms with Crippen LogP contribution in [0, 0.1) is 5.41 Å². The molecule has 36 heavy (non-hydrogen) atoms. The molecule has 9 heteroatoms. The van der Waals surface area contributed by atoms with Crippen LogP contribution in [0.1, 0.15) is 68.3 Å². The second kappa shape index (κ2) is 11.7. The zero-order chi connectivity index (χ0) is 25.7. The summed E-state index contributed by atoms with van der Waals surface area (Å²) in [7, 11) is 0. The molecule has 1 aromatic carbocycles. The number of amides is 2. The van der Waals surface area contributed by atoms with Crippen molar-refractivity contribution in [3.8, 4) is 5.75 Å². The molecule has 198 valence electrons. The summed E-state index contributed by atoms with van der Waals surface area (Å²) in [6.07, 6.45) is 4.98. The van der Waals surface area contributed by atoms with Gasteiger partial charge in [-0.15, -0.1) is 0 Å². The van der Waals surface area contributed by atoms with Gasteiger partial charge in [-0.2, -0.15) is 0 Å². The molecule has 0 radical (unpaired) electrons. The Kier molecular flexibility index (Phi) is 8.64. The molecule has 3 atom stereocenters. The van der Waals surface area contributed by atoms with Crippen LogP contribution in [0.4, 0.5) is 0 Å². The summed E-state index contributed by atoms with van der Waals surface area (Å²) in [5.74, 6) is -0.734. The maximum absolute atomic E-state index is 13.4. The molecular weight excluding hydrogens is 462 g/mol. The summed E-state index contributed by atoms with van der Waals surface area (Å²) in [6, 6.07) is 3.32. The first-order valence-electron chi connectivity index (χ1n) is 13.2. The number of morpholine rings is 1. The largest absolute Gasteiger partial charge is 0.508 e. The van der Waals surface area contributed by atoms with E-state index in [1.165, 1.54) is 6.07 Å². The monoisotopic (exact) mass is 501 g/mol. The van der Waals surface area contributed by atoms with Gasteiger partial charge in [-0.25, -0.2) is 0 Å². The number of Topliss-reactive ketones (excluding diaryl/α,β-unsaturated/α-hetero) is 1. The van der Waals surface area contributed by atoms with Gasteiger partial charge in [-0.3, -0.25) is 19.3 Å². The molecule has 4 rings (SSSR count). The van der Waals surface area contributed by atoms with Crippen molar-refractivity contribution >= 4 is 17.6 Å². The van der Waals surface area contributed by atoms with Gasteiger partial charge in [0.05, 0.1) is 19.3 Å². The van der Waals surface area contributed by atoms with E-state index < -0.39 is 12.1 Å². The molecule has 3 aliphatic rings. The van der Waals surface area contributed by atoms with Crippen LogP contribution in [-0.2, 0) is 25.6 Å². The summed E-state index contributed by atoms with van der Waals surface area (Å²) in [5.41, 5.74) is 0.997. The molecule has 0 aromatic heterocycles. The van der Waals surface area contributed by atoms with Crippen LogP contribution < -0.4 is 10.6 Å². The van der Waals surface area contributed by atoms with Crippen LogP contribution >= 0.6 is 0 Å². The lowest BCUT2D eigenvalue weighted by atomic mass is 9.81. The van der Waals surface area contributed by atoms with Crippen LogP contribution in [0.25, 0.3) is 0 Å². The summed E-state index contributed by atoms with van der Waals surface area (Å²) < 4.78 is 10.9. The van der Waals surface area contributed by atoms with E-state index >= 15 is 0 Å². The minimum Gasteiger partial charge on any atom is -0.508 e. The smallest absolute Gasteiger partial charge is 0.251 e. The zero-order valence-corrected chi connectivity index (χ0v) is 21.4. The number of carbonyl (C=O) groups excluding carboxylic acids is 3. The molecule has 9 nitrogen and oxygen atoms in total. The summed E-state index contributed by atoms with van der Waals surface area (Å²) in [6.45, 7) is 7.40. The lowest BCUT2D eigenvalue weighted by molar-refractivity contribution is -0.128. The van der Waals surface area contributed by atoms with E-state index in [9.17, 15) is 19.5 Å². The Morgan fingerprint density at radius 1 is 1.22 bits per heavy atom. The van der Waals surface area contributed by atoms with Gasteiger partial charge in [0.1, 0.15) is 24.4 Å². The van der Waals surface area contributed by atoms with E-state index in [1.807, 2.05) is 6.92 Å². The van der Waals surface area contributed by atoms with Gasteiger partial charge < -0.3 is 25.2 Å². The van der Waals surface area contributed by atoms with Crippen molar-refractivity contribution in [2.45, 2.75) is 77.1 Å². The van der Waals surface area contributed by atoms with Crippen molar-refractivity contribution in [2.75, 3.05) is 32.9 Å². The third-order valence-electron chi connectivity index (χ3n) is 7.83. The van der Waals surface area contributed by atoms with Gasteiger partial charge in [-0.1, -0.05) is 26.7 Å². The van der Waals surface area contributed by atoms with Crippen LogP contribution in [0.5, 0.6) is 5.75 Å². The number of rotatable bonds is 9. The highest BCUT2D eigenvalue weighted by Crippen LogP contribution is 2.41. The predicted octanol–water partition coefficient (Wildman–Crippen LogP) is 2.16. The van der Waals surface area contributed by atoms with E-state index in [1.54, 1.807) is 12.1 Å². The predicted molar refractivity (Wildman–Crippen MR) is 134 cm³/mol. The quantitative estimate of drug-likeness (QED) is 0.475. The third-order valence-corrected chi connectivity index (χ3v) is 7.83. The molecule has 2 amide bonds. The minimum atomic E-state index is -0.775. The number of carbonyl (C=O) groups is 3. The van der Waals surface area contributed by atoms with Crippen LogP contribution in [-0.4, -0.2) is 78.7 Å². The second-order valence-corrected chi connectivity index (χ2v) is 10.7. The first kappa shape index (κ1) is 26.6. The number of phenolic OH excluding ortho intramolecular Hbond substituents is 1. The van der Waals surface area contributed by atoms with E-state index in [0.717, 1.165) is 38.8 Å². The van der Waals surface area contributed by atoms with Gasteiger partial charge in [-0.05, 0) is 49.3 Å². The molecule has 2 heterocycles. The number of hydrogen-bond acceptors (Lipinski definition) is 7. The van der Waals surface area contributed by atoms with Crippen LogP contribution in [0.3, 0.4) is 0 Å². The molecule has 0 unspecified atom stereocenters. The molecule has 3 fully saturated rings. The normalized spacial score (nSPS) is 25.0. The van der Waals surface area contributed by atoms with E-state index in [2.05, 4.69) is 22.5 Å². The highest BCUT2D eigenvalue weighted by molar-refractivity contribution is 5.99. The average Bonchev–Trinajstić information content (AvgIpc) is 3.45. The number of ether oxygens (including phenoxy) is 2. The fourth-order valence-corrected chi connectivity index (χ4v) is 5.59. The lowest BCUT2D eigenvalue weighted by Crippen LogP contribution is -2.54. The number of hydrogen-bond donors (Lipinski definition) is 3. The van der Waals surface area contributed by atoms with Gasteiger partial charge in [0.2, 0.25) is 5.91 Å². The highest BCUT2D eigenvalue weighted by atomic mass is 16.5. The van der Waals surface area contributed by atoms with Crippen molar-refractivity contribution in [3.63, 3.8) is 0 Å². The first-order chi connectivity index (χ1) is 17.3. The van der Waals surface area contributed by atoms with Crippen molar-refractivity contribution in [1.82, 2.24) is 15.5 Å². The number of aromatic hydroxyl groups is 1. The Balaban J connectivity index is 1.49. The Morgan fingerprint density at radius 2 is 1.94 bits per heavy atom. The highest BCUT2D eigenvalue weighted by Gasteiger charge is 2.40. The molecule has 2 aliphatic heterocycles. The van der Waals surface area contributed by atoms with E-state index in [-0.39, 0.29) is 41.5 Å². The standard InChI is InChI=1S/C27H39N3O6/c1-3-23-24(22(32)17-36-23)29-26(34)20(15-27(2)8-4-5-9-27)28-25(33)18-6-7-21(31)19(14-18)16-30-10-12-35-13-11-30/h6-7,14,20,23-24,31H,3-5,8-13,15-17H2,1-2H3,(H,28,33)(H,29,34)/t20-,23-,24+/m0/s1. The fourth-order valence-electron chi connectivity index (χ4n) is 5.59. The molecule has 1 aliphatic carbocycles. The Morgan fingerprint density at radius 3 is 2.64 bits per heavy atom. The summed E-state index contributed by atoms with van der Waals surface area (Å²) in [5, 5.41) is 16.2. The summed E-state index contributed by atoms with van der Waals surface area (Å²) in [4.78, 5) is 41.2. The third kappa shape index (κ3) is 6.44. The Labute approximate surface area is 212 Å². The number of nitrogens with one attached hydrogen (secondary N) is 2. The Bertz CT molecular complexity index is 955. The topological polar surface area (TPSA) is 117 Å². The van der Waals surface area contributed by atoms with E-state index in [0.29, 0.717) is 43.7 Å². The number of benzene rings is 1. The molecule has 1 saturated carbocycles. The van der Waals surface area contributed by atoms with Crippen molar-refractivity contribution in [3.05, 3.63) is 29.3 Å². The minimum absolute atomic E-state index is 0.00236. The first-order valence-corrected chi connectivity index (χ1v) is 13.2.